The lowest BCUT2D eigenvalue weighted by molar-refractivity contribution is -0.140. The van der Waals surface area contributed by atoms with Gasteiger partial charge in [0.1, 0.15) is 5.76 Å². The van der Waals surface area contributed by atoms with E-state index in [1.165, 1.54) is 0 Å². The van der Waals surface area contributed by atoms with Crippen molar-refractivity contribution in [2.75, 3.05) is 6.54 Å². The molecule has 1 heterocycles. The molecule has 0 spiro atoms. The van der Waals surface area contributed by atoms with Gasteiger partial charge in [0.25, 0.3) is 11.7 Å². The minimum atomic E-state index is -0.660. The number of Topliss-reactive ketones (excluding diaryl/α,β-unsaturated/α-hetero) is 1. The Morgan fingerprint density at radius 3 is 2.27 bits per heavy atom. The number of aliphatic hydroxyl groups excluding tert-OH is 1. The Balaban J connectivity index is 2.17. The Labute approximate surface area is 157 Å². The summed E-state index contributed by atoms with van der Waals surface area (Å²) >= 11 is 5.91. The Morgan fingerprint density at radius 1 is 1.08 bits per heavy atom. The van der Waals surface area contributed by atoms with Crippen LogP contribution in [-0.4, -0.2) is 28.2 Å². The van der Waals surface area contributed by atoms with Crippen LogP contribution in [0.25, 0.3) is 5.76 Å². The first-order valence-electron chi connectivity index (χ1n) is 8.49. The molecule has 1 aliphatic rings. The SMILES string of the molecule is CC(C)CN1C(=O)C(=O)C(=C(O)c2ccc(Cl)cc2)[C@H]1c1ccccc1. The molecule has 1 fully saturated rings. The molecule has 134 valence electrons. The third-order valence-electron chi connectivity index (χ3n) is 4.33. The molecule has 1 aliphatic heterocycles. The summed E-state index contributed by atoms with van der Waals surface area (Å²) in [7, 11) is 0. The Morgan fingerprint density at radius 2 is 1.69 bits per heavy atom. The number of hydrogen-bond donors (Lipinski definition) is 1. The molecule has 1 amide bonds. The fourth-order valence-corrected chi connectivity index (χ4v) is 3.33. The zero-order valence-corrected chi connectivity index (χ0v) is 15.4. The van der Waals surface area contributed by atoms with Crippen molar-refractivity contribution in [3.63, 3.8) is 0 Å². The van der Waals surface area contributed by atoms with Crippen LogP contribution in [0.4, 0.5) is 0 Å². The predicted octanol–water partition coefficient (Wildman–Crippen LogP) is 4.42. The molecule has 3 rings (SSSR count). The zero-order valence-electron chi connectivity index (χ0n) is 14.6. The Bertz CT molecular complexity index is 857. The van der Waals surface area contributed by atoms with Crippen LogP contribution in [0.3, 0.4) is 0 Å². The van der Waals surface area contributed by atoms with Gasteiger partial charge in [-0.2, -0.15) is 0 Å². The van der Waals surface area contributed by atoms with E-state index >= 15 is 0 Å². The third-order valence-corrected chi connectivity index (χ3v) is 4.59. The molecule has 0 aromatic heterocycles. The monoisotopic (exact) mass is 369 g/mol. The van der Waals surface area contributed by atoms with E-state index < -0.39 is 17.7 Å². The standard InChI is InChI=1S/C21H20ClNO3/c1-13(2)12-23-18(14-6-4-3-5-7-14)17(20(25)21(23)26)19(24)15-8-10-16(22)11-9-15/h3-11,13,18,24H,12H2,1-2H3/t18-/m1/s1. The molecule has 1 N–H and O–H groups in total. The van der Waals surface area contributed by atoms with Gasteiger partial charge < -0.3 is 10.0 Å². The summed E-state index contributed by atoms with van der Waals surface area (Å²) in [5, 5.41) is 11.3. The van der Waals surface area contributed by atoms with E-state index in [-0.39, 0.29) is 17.3 Å². The van der Waals surface area contributed by atoms with Gasteiger partial charge in [0.05, 0.1) is 11.6 Å². The summed E-state index contributed by atoms with van der Waals surface area (Å²) in [5.74, 6) is -1.23. The summed E-state index contributed by atoms with van der Waals surface area (Å²) in [4.78, 5) is 26.9. The van der Waals surface area contributed by atoms with E-state index in [0.29, 0.717) is 17.1 Å². The number of nitrogens with zero attached hydrogens (tertiary/aromatic N) is 1. The van der Waals surface area contributed by atoms with Crippen LogP contribution in [0.2, 0.25) is 5.02 Å². The summed E-state index contributed by atoms with van der Waals surface area (Å²) in [6.45, 7) is 4.41. The molecule has 2 aromatic rings. The topological polar surface area (TPSA) is 57.6 Å². The minimum absolute atomic E-state index is 0.115. The molecule has 0 bridgehead atoms. The number of rotatable bonds is 4. The first-order valence-corrected chi connectivity index (χ1v) is 8.87. The van der Waals surface area contributed by atoms with Crippen molar-refractivity contribution in [1.29, 1.82) is 0 Å². The van der Waals surface area contributed by atoms with E-state index in [1.54, 1.807) is 29.2 Å². The number of halogens is 1. The fourth-order valence-electron chi connectivity index (χ4n) is 3.21. The second kappa shape index (κ2) is 7.34. The smallest absolute Gasteiger partial charge is 0.295 e. The van der Waals surface area contributed by atoms with E-state index in [2.05, 4.69) is 0 Å². The Hall–Kier alpha value is -2.59. The molecule has 5 heteroatoms. The van der Waals surface area contributed by atoms with E-state index in [9.17, 15) is 14.7 Å². The normalized spacial score (nSPS) is 19.4. The maximum atomic E-state index is 12.7. The first kappa shape index (κ1) is 18.2. The van der Waals surface area contributed by atoms with Gasteiger partial charge in [0, 0.05) is 17.1 Å². The lowest BCUT2D eigenvalue weighted by atomic mass is 9.95. The number of likely N-dealkylation sites (tertiary alicyclic amines) is 1. The Kier molecular flexibility index (Phi) is 5.14. The van der Waals surface area contributed by atoms with Crippen LogP contribution in [0.5, 0.6) is 0 Å². The van der Waals surface area contributed by atoms with Crippen molar-refractivity contribution in [3.05, 3.63) is 76.3 Å². The molecule has 26 heavy (non-hydrogen) atoms. The first-order chi connectivity index (χ1) is 12.4. The maximum absolute atomic E-state index is 12.7. The predicted molar refractivity (Wildman–Crippen MR) is 102 cm³/mol. The van der Waals surface area contributed by atoms with Crippen molar-refractivity contribution >= 4 is 29.1 Å². The zero-order chi connectivity index (χ0) is 18.8. The van der Waals surface area contributed by atoms with E-state index in [4.69, 9.17) is 11.6 Å². The van der Waals surface area contributed by atoms with Crippen LogP contribution in [0.1, 0.15) is 31.0 Å². The molecule has 1 atom stereocenters. The fraction of sp³-hybridized carbons (Fsp3) is 0.238. The van der Waals surface area contributed by atoms with Crippen molar-refractivity contribution in [3.8, 4) is 0 Å². The maximum Gasteiger partial charge on any atom is 0.295 e. The van der Waals surface area contributed by atoms with Crippen LogP contribution >= 0.6 is 11.6 Å². The number of amides is 1. The number of carbonyl (C=O) groups is 2. The van der Waals surface area contributed by atoms with Gasteiger partial charge in [-0.25, -0.2) is 0 Å². The number of ketones is 1. The van der Waals surface area contributed by atoms with Gasteiger partial charge in [0.15, 0.2) is 0 Å². The number of hydrogen-bond acceptors (Lipinski definition) is 3. The van der Waals surface area contributed by atoms with Gasteiger partial charge in [-0.1, -0.05) is 55.8 Å². The molecular weight excluding hydrogens is 350 g/mol. The van der Waals surface area contributed by atoms with Crippen molar-refractivity contribution < 1.29 is 14.7 Å². The largest absolute Gasteiger partial charge is 0.507 e. The van der Waals surface area contributed by atoms with Crippen LogP contribution in [-0.2, 0) is 9.59 Å². The molecule has 0 radical (unpaired) electrons. The highest BCUT2D eigenvalue weighted by molar-refractivity contribution is 6.46. The number of benzene rings is 2. The molecule has 0 unspecified atom stereocenters. The minimum Gasteiger partial charge on any atom is -0.507 e. The highest BCUT2D eigenvalue weighted by atomic mass is 35.5. The van der Waals surface area contributed by atoms with Gasteiger partial charge in [0.2, 0.25) is 0 Å². The lowest BCUT2D eigenvalue weighted by Gasteiger charge is -2.26. The lowest BCUT2D eigenvalue weighted by Crippen LogP contribution is -2.33. The van der Waals surface area contributed by atoms with Gasteiger partial charge in [-0.15, -0.1) is 0 Å². The number of carbonyl (C=O) groups excluding carboxylic acids is 2. The van der Waals surface area contributed by atoms with E-state index in [0.717, 1.165) is 5.56 Å². The average Bonchev–Trinajstić information content (AvgIpc) is 2.87. The summed E-state index contributed by atoms with van der Waals surface area (Å²) in [5.41, 5.74) is 1.37. The molecular formula is C21H20ClNO3. The van der Waals surface area contributed by atoms with Crippen LogP contribution < -0.4 is 0 Å². The third kappa shape index (κ3) is 3.37. The summed E-state index contributed by atoms with van der Waals surface area (Å²) < 4.78 is 0. The molecule has 4 nitrogen and oxygen atoms in total. The van der Waals surface area contributed by atoms with Crippen molar-refractivity contribution in [2.45, 2.75) is 19.9 Å². The highest BCUT2D eigenvalue weighted by Crippen LogP contribution is 2.39. The second-order valence-corrected chi connectivity index (χ2v) is 7.20. The molecule has 0 aliphatic carbocycles. The average molecular weight is 370 g/mol. The second-order valence-electron chi connectivity index (χ2n) is 6.76. The molecule has 2 aromatic carbocycles. The summed E-state index contributed by atoms with van der Waals surface area (Å²) in [6.07, 6.45) is 0. The highest BCUT2D eigenvalue weighted by Gasteiger charge is 2.46. The quantitative estimate of drug-likeness (QED) is 0.493. The van der Waals surface area contributed by atoms with Gasteiger partial charge in [-0.3, -0.25) is 9.59 Å². The molecule has 1 saturated heterocycles. The van der Waals surface area contributed by atoms with Crippen molar-refractivity contribution in [2.24, 2.45) is 5.92 Å². The van der Waals surface area contributed by atoms with Crippen molar-refractivity contribution in [1.82, 2.24) is 4.90 Å². The van der Waals surface area contributed by atoms with Crippen LogP contribution in [0, 0.1) is 5.92 Å². The van der Waals surface area contributed by atoms with E-state index in [1.807, 2.05) is 44.2 Å². The van der Waals surface area contributed by atoms with Crippen LogP contribution in [0.15, 0.2) is 60.2 Å². The van der Waals surface area contributed by atoms with Gasteiger partial charge in [-0.05, 0) is 35.7 Å². The molecule has 0 saturated carbocycles. The number of aliphatic hydroxyl groups is 1. The summed E-state index contributed by atoms with van der Waals surface area (Å²) in [6, 6.07) is 15.2. The van der Waals surface area contributed by atoms with Gasteiger partial charge >= 0.3 is 0 Å².